The van der Waals surface area contributed by atoms with Crippen LogP contribution in [0.3, 0.4) is 0 Å². The van der Waals surface area contributed by atoms with Crippen molar-refractivity contribution < 1.29 is 19.6 Å². The van der Waals surface area contributed by atoms with E-state index >= 15 is 0 Å². The van der Waals surface area contributed by atoms with Gasteiger partial charge >= 0.3 is 0 Å². The summed E-state index contributed by atoms with van der Waals surface area (Å²) in [4.78, 5) is 3.02. The van der Waals surface area contributed by atoms with Gasteiger partial charge in [-0.25, -0.2) is 0 Å². The third-order valence-electron chi connectivity index (χ3n) is 6.07. The maximum absolute atomic E-state index is 10.5. The number of hydrogen-bond donors (Lipinski definition) is 3. The number of hydrogen-bond acceptors (Lipinski definition) is 2. The van der Waals surface area contributed by atoms with Gasteiger partial charge in [0.1, 0.15) is 57.2 Å². The number of piperazine rings is 1. The highest BCUT2D eigenvalue weighted by Crippen LogP contribution is 2.23. The van der Waals surface area contributed by atoms with E-state index in [1.165, 1.54) is 16.0 Å². The summed E-state index contributed by atoms with van der Waals surface area (Å²) in [7, 11) is 0. The molecule has 1 heterocycles. The summed E-state index contributed by atoms with van der Waals surface area (Å²) in [5.74, 6) is 0.626. The number of para-hydroxylation sites is 1. The van der Waals surface area contributed by atoms with Gasteiger partial charge in [-0.15, -0.1) is 0 Å². The molecule has 0 aromatic heterocycles. The van der Waals surface area contributed by atoms with E-state index in [9.17, 15) is 5.11 Å². The minimum Gasteiger partial charge on any atom is -0.489 e. The Morgan fingerprint density at radius 3 is 1.90 bits per heavy atom. The zero-order chi connectivity index (χ0) is 21.5. The minimum absolute atomic E-state index is 0.264. The van der Waals surface area contributed by atoms with Gasteiger partial charge in [0.2, 0.25) is 0 Å². The third kappa shape index (κ3) is 5.86. The SMILES string of the molecule is O[C@H](COc1ccccc1Cl)C[NH+]1CC[NH+](C(c2ccccc2)c2ccccc2)CC1. The minimum atomic E-state index is -0.508. The molecule has 4 nitrogen and oxygen atoms in total. The molecule has 3 N–H and O–H groups in total. The molecule has 1 fully saturated rings. The molecule has 162 valence electrons. The van der Waals surface area contributed by atoms with E-state index in [0.717, 1.165) is 26.2 Å². The second-order valence-electron chi connectivity index (χ2n) is 8.26. The maximum Gasteiger partial charge on any atom is 0.139 e. The van der Waals surface area contributed by atoms with Crippen LogP contribution in [0, 0.1) is 0 Å². The van der Waals surface area contributed by atoms with E-state index in [1.807, 2.05) is 18.2 Å². The van der Waals surface area contributed by atoms with Crippen LogP contribution in [0.4, 0.5) is 0 Å². The Hall–Kier alpha value is -2.37. The first-order valence-corrected chi connectivity index (χ1v) is 11.4. The topological polar surface area (TPSA) is 38.3 Å². The monoisotopic (exact) mass is 438 g/mol. The van der Waals surface area contributed by atoms with Crippen LogP contribution in [0.5, 0.6) is 5.75 Å². The molecule has 0 saturated carbocycles. The second kappa shape index (κ2) is 10.8. The number of benzene rings is 3. The third-order valence-corrected chi connectivity index (χ3v) is 6.38. The quantitative estimate of drug-likeness (QED) is 0.500. The van der Waals surface area contributed by atoms with Crippen molar-refractivity contribution in [1.82, 2.24) is 0 Å². The predicted molar refractivity (Wildman–Crippen MR) is 124 cm³/mol. The number of halogens is 1. The molecule has 3 aromatic carbocycles. The highest BCUT2D eigenvalue weighted by atomic mass is 35.5. The standard InChI is InChI=1S/C26H29ClN2O2/c27-24-13-7-8-14-25(24)31-20-23(30)19-28-15-17-29(18-16-28)26(21-9-3-1-4-10-21)22-11-5-2-6-12-22/h1-14,23,26,30H,15-20H2/p+2/t23-/m0/s1. The van der Waals surface area contributed by atoms with Crippen molar-refractivity contribution in [2.75, 3.05) is 39.3 Å². The van der Waals surface area contributed by atoms with Gasteiger partial charge in [0.15, 0.2) is 0 Å². The van der Waals surface area contributed by atoms with Crippen LogP contribution in [-0.2, 0) is 0 Å². The number of aliphatic hydroxyl groups is 1. The van der Waals surface area contributed by atoms with Gasteiger partial charge < -0.3 is 19.6 Å². The zero-order valence-corrected chi connectivity index (χ0v) is 18.5. The highest BCUT2D eigenvalue weighted by Gasteiger charge is 2.32. The van der Waals surface area contributed by atoms with E-state index in [2.05, 4.69) is 60.7 Å². The number of aliphatic hydroxyl groups excluding tert-OH is 1. The Balaban J connectivity index is 1.33. The summed E-state index contributed by atoms with van der Waals surface area (Å²) >= 11 is 6.13. The van der Waals surface area contributed by atoms with Crippen LogP contribution < -0.4 is 14.5 Å². The fourth-order valence-electron chi connectivity index (χ4n) is 4.51. The average Bonchev–Trinajstić information content (AvgIpc) is 2.81. The summed E-state index contributed by atoms with van der Waals surface area (Å²) in [6.07, 6.45) is -0.508. The first-order valence-electron chi connectivity index (χ1n) is 11.0. The van der Waals surface area contributed by atoms with E-state index in [4.69, 9.17) is 16.3 Å². The van der Waals surface area contributed by atoms with Gasteiger partial charge in [0.25, 0.3) is 0 Å². The molecular formula is C26H31ClN2O2+2. The van der Waals surface area contributed by atoms with Crippen LogP contribution in [0.25, 0.3) is 0 Å². The number of quaternary nitrogens is 2. The fraction of sp³-hybridized carbons (Fsp3) is 0.308. The Labute approximate surface area is 189 Å². The number of rotatable bonds is 8. The van der Waals surface area contributed by atoms with Gasteiger partial charge in [0, 0.05) is 11.1 Å². The molecule has 1 aliphatic heterocycles. The molecule has 1 aliphatic rings. The summed E-state index contributed by atoms with van der Waals surface area (Å²) in [5.41, 5.74) is 2.72. The molecule has 0 aliphatic carbocycles. The van der Waals surface area contributed by atoms with Crippen molar-refractivity contribution in [2.24, 2.45) is 0 Å². The lowest BCUT2D eigenvalue weighted by Crippen LogP contribution is -3.28. The summed E-state index contributed by atoms with van der Waals surface area (Å²) in [5, 5.41) is 11.1. The van der Waals surface area contributed by atoms with Crippen molar-refractivity contribution in [3.63, 3.8) is 0 Å². The average molecular weight is 439 g/mol. The van der Waals surface area contributed by atoms with Crippen molar-refractivity contribution in [3.05, 3.63) is 101 Å². The first kappa shape index (κ1) is 21.8. The Morgan fingerprint density at radius 1 is 0.774 bits per heavy atom. The van der Waals surface area contributed by atoms with Crippen LogP contribution in [0.1, 0.15) is 17.2 Å². The van der Waals surface area contributed by atoms with Gasteiger partial charge in [-0.2, -0.15) is 0 Å². The molecule has 0 bridgehead atoms. The van der Waals surface area contributed by atoms with Gasteiger partial charge in [-0.1, -0.05) is 84.4 Å². The maximum atomic E-state index is 10.5. The van der Waals surface area contributed by atoms with E-state index in [-0.39, 0.29) is 6.61 Å². The summed E-state index contributed by atoms with van der Waals surface area (Å²) < 4.78 is 5.71. The number of ether oxygens (including phenoxy) is 1. The fourth-order valence-corrected chi connectivity index (χ4v) is 4.70. The van der Waals surface area contributed by atoms with Gasteiger partial charge in [-0.05, 0) is 12.1 Å². The van der Waals surface area contributed by atoms with E-state index in [1.54, 1.807) is 11.0 Å². The molecule has 31 heavy (non-hydrogen) atoms. The zero-order valence-electron chi connectivity index (χ0n) is 17.7. The highest BCUT2D eigenvalue weighted by molar-refractivity contribution is 6.32. The second-order valence-corrected chi connectivity index (χ2v) is 8.67. The Morgan fingerprint density at radius 2 is 1.32 bits per heavy atom. The van der Waals surface area contributed by atoms with Crippen molar-refractivity contribution in [3.8, 4) is 5.75 Å². The Kier molecular flexibility index (Phi) is 7.60. The molecule has 0 radical (unpaired) electrons. The van der Waals surface area contributed by atoms with Crippen LogP contribution in [0.15, 0.2) is 84.9 Å². The van der Waals surface area contributed by atoms with Gasteiger partial charge in [-0.3, -0.25) is 0 Å². The van der Waals surface area contributed by atoms with Crippen molar-refractivity contribution >= 4 is 11.6 Å². The lowest BCUT2D eigenvalue weighted by molar-refractivity contribution is -1.02. The molecule has 4 rings (SSSR count). The summed E-state index contributed by atoms with van der Waals surface area (Å²) in [6.45, 7) is 5.17. The molecule has 1 atom stereocenters. The summed E-state index contributed by atoms with van der Waals surface area (Å²) in [6, 6.07) is 29.3. The van der Waals surface area contributed by atoms with Crippen molar-refractivity contribution in [2.45, 2.75) is 12.1 Å². The van der Waals surface area contributed by atoms with E-state index < -0.39 is 6.10 Å². The smallest absolute Gasteiger partial charge is 0.139 e. The molecule has 5 heteroatoms. The molecule has 0 spiro atoms. The van der Waals surface area contributed by atoms with Crippen LogP contribution >= 0.6 is 11.6 Å². The largest absolute Gasteiger partial charge is 0.489 e. The first-order chi connectivity index (χ1) is 15.2. The molecule has 0 unspecified atom stereocenters. The molecule has 1 saturated heterocycles. The van der Waals surface area contributed by atoms with Crippen molar-refractivity contribution in [1.29, 1.82) is 0 Å². The van der Waals surface area contributed by atoms with Gasteiger partial charge in [0.05, 0.1) is 5.02 Å². The molecule has 0 amide bonds. The molecular weight excluding hydrogens is 408 g/mol. The van der Waals surface area contributed by atoms with Crippen LogP contribution in [0.2, 0.25) is 5.02 Å². The normalized spacial score (nSPS) is 19.8. The lowest BCUT2D eigenvalue weighted by atomic mass is 9.96. The van der Waals surface area contributed by atoms with Crippen LogP contribution in [-0.4, -0.2) is 50.5 Å². The number of nitrogens with one attached hydrogen (secondary N) is 2. The predicted octanol–water partition coefficient (Wildman–Crippen LogP) is 1.65. The van der Waals surface area contributed by atoms with E-state index in [0.29, 0.717) is 23.4 Å². The molecule has 3 aromatic rings. The lowest BCUT2D eigenvalue weighted by Gasteiger charge is -2.35. The Bertz CT molecular complexity index is 891.